The third-order valence-electron chi connectivity index (χ3n) is 1.51. The van der Waals surface area contributed by atoms with Crippen LogP contribution in [-0.2, 0) is 4.79 Å². The second-order valence-electron chi connectivity index (χ2n) is 2.64. The van der Waals surface area contributed by atoms with Crippen molar-refractivity contribution in [2.75, 3.05) is 14.1 Å². The number of hydrogen-bond acceptors (Lipinski definition) is 5. The highest BCUT2D eigenvalue weighted by Crippen LogP contribution is 2.26. The van der Waals surface area contributed by atoms with Crippen LogP contribution < -0.4 is 0 Å². The lowest BCUT2D eigenvalue weighted by atomic mass is 10.4. The summed E-state index contributed by atoms with van der Waals surface area (Å²) in [6, 6.07) is 0. The van der Waals surface area contributed by atoms with Gasteiger partial charge in [-0.25, -0.2) is 10.0 Å². The van der Waals surface area contributed by atoms with Crippen LogP contribution in [-0.4, -0.2) is 45.6 Å². The number of nitrogens with zero attached hydrogens (tertiary/aromatic N) is 3. The second-order valence-corrected chi connectivity index (χ2v) is 3.95. The molecule has 1 unspecified atom stereocenters. The monoisotopic (exact) mass is 189 g/mol. The summed E-state index contributed by atoms with van der Waals surface area (Å²) >= 11 is 1.24. The lowest BCUT2D eigenvalue weighted by molar-refractivity contribution is -0.134. The smallest absolute Gasteiger partial charge is 0.256 e. The molecule has 0 aromatic carbocycles. The molecule has 1 atom stereocenters. The van der Waals surface area contributed by atoms with Crippen molar-refractivity contribution in [3.8, 4) is 0 Å². The molecule has 1 aliphatic rings. The average Bonchev–Trinajstić information content (AvgIpc) is 2.28. The minimum absolute atomic E-state index is 0.0576. The number of thioether (sulfide) groups is 1. The molecule has 6 heteroatoms. The Morgan fingerprint density at radius 1 is 1.67 bits per heavy atom. The van der Waals surface area contributed by atoms with E-state index in [1.807, 2.05) is 0 Å². The summed E-state index contributed by atoms with van der Waals surface area (Å²) < 4.78 is 0. The highest BCUT2D eigenvalue weighted by molar-refractivity contribution is 8.15. The SMILES string of the molecule is CC1S/C(=N/O)N(N(C)C)C1=O. The fraction of sp³-hybridized carbons (Fsp3) is 0.667. The lowest BCUT2D eigenvalue weighted by Gasteiger charge is -2.21. The molecular weight excluding hydrogens is 178 g/mol. The van der Waals surface area contributed by atoms with Gasteiger partial charge >= 0.3 is 0 Å². The predicted octanol–water partition coefficient (Wildman–Crippen LogP) is 0.172. The summed E-state index contributed by atoms with van der Waals surface area (Å²) in [6.45, 7) is 1.78. The predicted molar refractivity (Wildman–Crippen MR) is 46.8 cm³/mol. The van der Waals surface area contributed by atoms with Gasteiger partial charge in [-0.2, -0.15) is 0 Å². The van der Waals surface area contributed by atoms with Crippen molar-refractivity contribution < 1.29 is 10.0 Å². The van der Waals surface area contributed by atoms with E-state index in [-0.39, 0.29) is 11.2 Å². The van der Waals surface area contributed by atoms with E-state index in [0.717, 1.165) is 0 Å². The highest BCUT2D eigenvalue weighted by atomic mass is 32.2. The molecule has 0 aliphatic carbocycles. The van der Waals surface area contributed by atoms with Crippen molar-refractivity contribution in [3.05, 3.63) is 0 Å². The van der Waals surface area contributed by atoms with Gasteiger partial charge < -0.3 is 5.21 Å². The molecule has 0 spiro atoms. The maximum Gasteiger partial charge on any atom is 0.256 e. The molecule has 1 rings (SSSR count). The van der Waals surface area contributed by atoms with Crippen molar-refractivity contribution in [3.63, 3.8) is 0 Å². The van der Waals surface area contributed by atoms with Crippen LogP contribution in [0.3, 0.4) is 0 Å². The summed E-state index contributed by atoms with van der Waals surface area (Å²) in [5, 5.41) is 14.7. The van der Waals surface area contributed by atoms with Crippen LogP contribution in [0.2, 0.25) is 0 Å². The number of carbonyl (C=O) groups is 1. The fourth-order valence-electron chi connectivity index (χ4n) is 0.959. The Labute approximate surface area is 75.0 Å². The van der Waals surface area contributed by atoms with Crippen LogP contribution in [0.25, 0.3) is 0 Å². The van der Waals surface area contributed by atoms with E-state index >= 15 is 0 Å². The average molecular weight is 189 g/mol. The van der Waals surface area contributed by atoms with E-state index in [2.05, 4.69) is 5.16 Å². The molecule has 1 fully saturated rings. The fourth-order valence-corrected chi connectivity index (χ4v) is 1.88. The summed E-state index contributed by atoms with van der Waals surface area (Å²) in [5.74, 6) is -0.0576. The van der Waals surface area contributed by atoms with E-state index in [0.29, 0.717) is 5.17 Å². The van der Waals surface area contributed by atoms with Crippen molar-refractivity contribution in [2.45, 2.75) is 12.2 Å². The minimum atomic E-state index is -0.168. The maximum atomic E-state index is 11.4. The Morgan fingerprint density at radius 2 is 2.25 bits per heavy atom. The molecule has 1 amide bonds. The number of carbonyl (C=O) groups excluding carboxylic acids is 1. The quantitative estimate of drug-likeness (QED) is 0.472. The molecule has 5 nitrogen and oxygen atoms in total. The van der Waals surface area contributed by atoms with E-state index in [9.17, 15) is 4.79 Å². The third-order valence-corrected chi connectivity index (χ3v) is 2.53. The van der Waals surface area contributed by atoms with Crippen LogP contribution >= 0.6 is 11.8 Å². The van der Waals surface area contributed by atoms with Crippen LogP contribution in [0.4, 0.5) is 0 Å². The van der Waals surface area contributed by atoms with Gasteiger partial charge in [-0.3, -0.25) is 4.79 Å². The summed E-state index contributed by atoms with van der Waals surface area (Å²) in [5.41, 5.74) is 0. The van der Waals surface area contributed by atoms with E-state index in [1.54, 1.807) is 26.0 Å². The highest BCUT2D eigenvalue weighted by Gasteiger charge is 2.36. The van der Waals surface area contributed by atoms with E-state index < -0.39 is 0 Å². The molecule has 1 saturated heterocycles. The van der Waals surface area contributed by atoms with Crippen molar-refractivity contribution in [1.82, 2.24) is 10.0 Å². The number of hydrogen-bond donors (Lipinski definition) is 1. The number of amides is 1. The Bertz CT molecular complexity index is 229. The van der Waals surface area contributed by atoms with Gasteiger partial charge in [0.2, 0.25) is 5.17 Å². The molecule has 0 bridgehead atoms. The number of rotatable bonds is 1. The molecule has 1 aliphatic heterocycles. The largest absolute Gasteiger partial charge is 0.409 e. The van der Waals surface area contributed by atoms with Gasteiger partial charge in [0.25, 0.3) is 5.91 Å². The molecule has 1 N–H and O–H groups in total. The van der Waals surface area contributed by atoms with Crippen LogP contribution in [0.15, 0.2) is 5.16 Å². The molecule has 1 heterocycles. The zero-order chi connectivity index (χ0) is 9.30. The van der Waals surface area contributed by atoms with Gasteiger partial charge in [0, 0.05) is 14.1 Å². The van der Waals surface area contributed by atoms with Gasteiger partial charge in [0.15, 0.2) is 0 Å². The Balaban J connectivity index is 2.89. The van der Waals surface area contributed by atoms with Crippen molar-refractivity contribution >= 4 is 22.8 Å². The van der Waals surface area contributed by atoms with E-state index in [1.165, 1.54) is 16.8 Å². The first-order valence-electron chi connectivity index (χ1n) is 3.48. The Hall–Kier alpha value is -0.750. The summed E-state index contributed by atoms with van der Waals surface area (Å²) in [7, 11) is 3.45. The summed E-state index contributed by atoms with van der Waals surface area (Å²) in [6.07, 6.45) is 0. The van der Waals surface area contributed by atoms with Gasteiger partial charge in [0.05, 0.1) is 5.25 Å². The molecule has 0 radical (unpaired) electrons. The number of amidine groups is 1. The standard InChI is InChI=1S/C6H11N3O2S/c1-4-5(10)9(8(2)3)6(7-11)12-4/h4,11H,1-3H3/b7-6+. The topological polar surface area (TPSA) is 56.1 Å². The number of hydrazine groups is 1. The third kappa shape index (κ3) is 1.39. The minimum Gasteiger partial charge on any atom is -0.409 e. The zero-order valence-corrected chi connectivity index (χ0v) is 8.00. The van der Waals surface area contributed by atoms with Gasteiger partial charge in [-0.15, -0.1) is 0 Å². The van der Waals surface area contributed by atoms with Gasteiger partial charge in [-0.1, -0.05) is 16.9 Å². The molecule has 0 saturated carbocycles. The van der Waals surface area contributed by atoms with Crippen LogP contribution in [0, 0.1) is 0 Å². The molecule has 0 aromatic heterocycles. The summed E-state index contributed by atoms with van der Waals surface area (Å²) in [4.78, 5) is 11.4. The molecule has 68 valence electrons. The molecular formula is C6H11N3O2S. The first-order chi connectivity index (χ1) is 5.57. The van der Waals surface area contributed by atoms with Gasteiger partial charge in [-0.05, 0) is 6.92 Å². The zero-order valence-electron chi connectivity index (χ0n) is 7.18. The lowest BCUT2D eigenvalue weighted by Crippen LogP contribution is -2.42. The first kappa shape index (κ1) is 9.34. The Kier molecular flexibility index (Phi) is 2.58. The van der Waals surface area contributed by atoms with Crippen LogP contribution in [0.1, 0.15) is 6.92 Å². The molecule has 12 heavy (non-hydrogen) atoms. The number of oxime groups is 1. The van der Waals surface area contributed by atoms with Gasteiger partial charge in [0.1, 0.15) is 0 Å². The van der Waals surface area contributed by atoms with Crippen LogP contribution in [0.5, 0.6) is 0 Å². The Morgan fingerprint density at radius 3 is 2.58 bits per heavy atom. The normalized spacial score (nSPS) is 27.7. The second kappa shape index (κ2) is 3.32. The van der Waals surface area contributed by atoms with E-state index in [4.69, 9.17) is 5.21 Å². The molecule has 0 aromatic rings. The van der Waals surface area contributed by atoms with Crippen molar-refractivity contribution in [1.29, 1.82) is 0 Å². The maximum absolute atomic E-state index is 11.4. The first-order valence-corrected chi connectivity index (χ1v) is 4.35. The van der Waals surface area contributed by atoms with Crippen molar-refractivity contribution in [2.24, 2.45) is 5.16 Å².